The zero-order valence-corrected chi connectivity index (χ0v) is 11.5. The Morgan fingerprint density at radius 3 is 3.19 bits per heavy atom. The highest BCUT2D eigenvalue weighted by Gasteiger charge is 2.12. The Morgan fingerprint density at radius 2 is 2.33 bits per heavy atom. The van der Waals surface area contributed by atoms with Gasteiger partial charge in [0, 0.05) is 18.6 Å². The van der Waals surface area contributed by atoms with Gasteiger partial charge in [-0.25, -0.2) is 14.9 Å². The molecule has 0 saturated heterocycles. The van der Waals surface area contributed by atoms with Gasteiger partial charge in [0.2, 0.25) is 5.28 Å². The maximum atomic E-state index is 5.92. The van der Waals surface area contributed by atoms with Gasteiger partial charge in [0.15, 0.2) is 5.82 Å². The first-order chi connectivity index (χ1) is 10.3. The predicted octanol–water partition coefficient (Wildman–Crippen LogP) is 1.44. The van der Waals surface area contributed by atoms with Crippen molar-refractivity contribution < 1.29 is 0 Å². The topological polar surface area (TPSA) is 84.1 Å². The lowest BCUT2D eigenvalue weighted by Gasteiger charge is -2.09. The quantitative estimate of drug-likeness (QED) is 0.679. The first-order valence-corrected chi connectivity index (χ1v) is 6.66. The molecule has 4 heterocycles. The SMILES string of the molecule is Clc1nc(Nc2cn(C3C=CNN3)cn2)c2cccn2n1. The summed E-state index contributed by atoms with van der Waals surface area (Å²) in [6.45, 7) is 0. The summed E-state index contributed by atoms with van der Waals surface area (Å²) < 4.78 is 3.59. The molecule has 21 heavy (non-hydrogen) atoms. The van der Waals surface area contributed by atoms with Gasteiger partial charge in [-0.2, -0.15) is 4.98 Å². The van der Waals surface area contributed by atoms with Crippen LogP contribution in [-0.2, 0) is 0 Å². The van der Waals surface area contributed by atoms with E-state index in [1.54, 1.807) is 10.8 Å². The van der Waals surface area contributed by atoms with Crippen LogP contribution >= 0.6 is 11.6 Å². The highest BCUT2D eigenvalue weighted by molar-refractivity contribution is 6.28. The Balaban J connectivity index is 1.65. The van der Waals surface area contributed by atoms with Crippen LogP contribution in [0.2, 0.25) is 5.28 Å². The van der Waals surface area contributed by atoms with Gasteiger partial charge in [0.25, 0.3) is 0 Å². The van der Waals surface area contributed by atoms with Gasteiger partial charge in [0.1, 0.15) is 17.5 Å². The Labute approximate surface area is 124 Å². The second-order valence-electron chi connectivity index (χ2n) is 4.49. The van der Waals surface area contributed by atoms with Crippen molar-refractivity contribution in [3.63, 3.8) is 0 Å². The number of aromatic nitrogens is 5. The molecule has 1 aliphatic heterocycles. The van der Waals surface area contributed by atoms with Crippen LogP contribution in [0, 0.1) is 0 Å². The Bertz CT molecular complexity index is 820. The summed E-state index contributed by atoms with van der Waals surface area (Å²) in [7, 11) is 0. The fourth-order valence-corrected chi connectivity index (χ4v) is 2.34. The van der Waals surface area contributed by atoms with Crippen molar-refractivity contribution in [2.45, 2.75) is 6.17 Å². The molecule has 0 aromatic carbocycles. The minimum absolute atomic E-state index is 0.0374. The minimum atomic E-state index is 0.0374. The maximum Gasteiger partial charge on any atom is 0.243 e. The molecule has 0 fully saturated rings. The molecular formula is C12H11ClN8. The molecule has 1 aliphatic rings. The van der Waals surface area contributed by atoms with Crippen molar-refractivity contribution in [3.05, 3.63) is 48.4 Å². The zero-order valence-electron chi connectivity index (χ0n) is 10.7. The first kappa shape index (κ1) is 12.2. The van der Waals surface area contributed by atoms with E-state index >= 15 is 0 Å². The number of halogens is 1. The Hall–Kier alpha value is -2.58. The molecule has 9 heteroatoms. The number of hydrazine groups is 1. The van der Waals surface area contributed by atoms with Crippen LogP contribution in [0.25, 0.3) is 5.52 Å². The van der Waals surface area contributed by atoms with E-state index in [4.69, 9.17) is 11.6 Å². The molecule has 3 aromatic heterocycles. The van der Waals surface area contributed by atoms with Crippen LogP contribution in [-0.4, -0.2) is 24.1 Å². The van der Waals surface area contributed by atoms with Crippen LogP contribution in [0.4, 0.5) is 11.6 Å². The molecule has 8 nitrogen and oxygen atoms in total. The number of hydrogen-bond acceptors (Lipinski definition) is 6. The van der Waals surface area contributed by atoms with Crippen molar-refractivity contribution in [2.75, 3.05) is 5.32 Å². The molecule has 1 atom stereocenters. The van der Waals surface area contributed by atoms with Gasteiger partial charge in [-0.15, -0.1) is 5.10 Å². The van der Waals surface area contributed by atoms with Gasteiger partial charge in [0.05, 0.1) is 6.33 Å². The summed E-state index contributed by atoms with van der Waals surface area (Å²) >= 11 is 5.92. The van der Waals surface area contributed by atoms with E-state index in [1.165, 1.54) is 0 Å². The molecule has 4 rings (SSSR count). The average molecular weight is 303 g/mol. The van der Waals surface area contributed by atoms with E-state index in [1.807, 2.05) is 41.4 Å². The van der Waals surface area contributed by atoms with E-state index in [0.717, 1.165) is 5.52 Å². The summed E-state index contributed by atoms with van der Waals surface area (Å²) in [5, 5.41) is 7.41. The predicted molar refractivity (Wildman–Crippen MR) is 78.0 cm³/mol. The van der Waals surface area contributed by atoms with E-state index < -0.39 is 0 Å². The van der Waals surface area contributed by atoms with Crippen LogP contribution in [0.15, 0.2) is 43.1 Å². The Morgan fingerprint density at radius 1 is 1.38 bits per heavy atom. The number of anilines is 2. The molecule has 0 spiro atoms. The Kier molecular flexibility index (Phi) is 2.76. The fourth-order valence-electron chi connectivity index (χ4n) is 2.17. The minimum Gasteiger partial charge on any atom is -0.327 e. The largest absolute Gasteiger partial charge is 0.327 e. The third-order valence-corrected chi connectivity index (χ3v) is 3.29. The lowest BCUT2D eigenvalue weighted by atomic mass is 10.4. The third-order valence-electron chi connectivity index (χ3n) is 3.13. The number of imidazole rings is 1. The van der Waals surface area contributed by atoms with Crippen LogP contribution in [0.1, 0.15) is 6.17 Å². The molecule has 3 N–H and O–H groups in total. The van der Waals surface area contributed by atoms with Gasteiger partial charge >= 0.3 is 0 Å². The molecular weight excluding hydrogens is 292 g/mol. The van der Waals surface area contributed by atoms with Crippen molar-refractivity contribution in [3.8, 4) is 0 Å². The van der Waals surface area contributed by atoms with Crippen molar-refractivity contribution in [2.24, 2.45) is 0 Å². The summed E-state index contributed by atoms with van der Waals surface area (Å²) in [6, 6.07) is 3.78. The van der Waals surface area contributed by atoms with E-state index in [9.17, 15) is 0 Å². The highest BCUT2D eigenvalue weighted by atomic mass is 35.5. The second kappa shape index (κ2) is 4.76. The monoisotopic (exact) mass is 302 g/mol. The first-order valence-electron chi connectivity index (χ1n) is 6.29. The molecule has 0 aliphatic carbocycles. The van der Waals surface area contributed by atoms with Crippen molar-refractivity contribution in [1.29, 1.82) is 0 Å². The number of nitrogens with zero attached hydrogens (tertiary/aromatic N) is 5. The zero-order chi connectivity index (χ0) is 14.2. The fraction of sp³-hybridized carbons (Fsp3) is 0.0833. The van der Waals surface area contributed by atoms with Crippen molar-refractivity contribution in [1.82, 2.24) is 35.0 Å². The van der Waals surface area contributed by atoms with Gasteiger partial charge in [-0.1, -0.05) is 0 Å². The molecule has 0 bridgehead atoms. The van der Waals surface area contributed by atoms with E-state index in [2.05, 4.69) is 31.2 Å². The molecule has 0 saturated carbocycles. The van der Waals surface area contributed by atoms with E-state index in [0.29, 0.717) is 11.6 Å². The smallest absolute Gasteiger partial charge is 0.243 e. The summed E-state index contributed by atoms with van der Waals surface area (Å²) in [5.41, 5.74) is 6.81. The van der Waals surface area contributed by atoms with Crippen LogP contribution in [0.3, 0.4) is 0 Å². The van der Waals surface area contributed by atoms with E-state index in [-0.39, 0.29) is 11.4 Å². The van der Waals surface area contributed by atoms with Crippen molar-refractivity contribution >= 4 is 28.8 Å². The number of rotatable bonds is 3. The maximum absolute atomic E-state index is 5.92. The average Bonchev–Trinajstić information content (AvgIpc) is 3.19. The summed E-state index contributed by atoms with van der Waals surface area (Å²) in [4.78, 5) is 8.52. The normalized spacial score (nSPS) is 17.3. The molecule has 3 aromatic rings. The lowest BCUT2D eigenvalue weighted by Crippen LogP contribution is -2.27. The third kappa shape index (κ3) is 2.20. The summed E-state index contributed by atoms with van der Waals surface area (Å²) in [6.07, 6.45) is 9.28. The molecule has 1 unspecified atom stereocenters. The number of fused-ring (bicyclic) bond motifs is 1. The lowest BCUT2D eigenvalue weighted by molar-refractivity contribution is 0.480. The van der Waals surface area contributed by atoms with Crippen LogP contribution < -0.4 is 16.2 Å². The number of nitrogens with one attached hydrogen (secondary N) is 3. The standard InChI is InChI=1S/C12H11ClN8/c13-12-17-11(8-2-1-5-21(8)19-12)16-9-6-20(7-14-9)10-3-4-15-18-10/h1-7,10,15,18H,(H,16,17,19). The van der Waals surface area contributed by atoms with Crippen LogP contribution in [0.5, 0.6) is 0 Å². The van der Waals surface area contributed by atoms with Gasteiger partial charge < -0.3 is 15.3 Å². The second-order valence-corrected chi connectivity index (χ2v) is 4.83. The highest BCUT2D eigenvalue weighted by Crippen LogP contribution is 2.21. The number of hydrogen-bond donors (Lipinski definition) is 3. The molecule has 0 amide bonds. The van der Waals surface area contributed by atoms with Gasteiger partial charge in [-0.05, 0) is 29.8 Å². The summed E-state index contributed by atoms with van der Waals surface area (Å²) in [5.74, 6) is 1.29. The van der Waals surface area contributed by atoms with Gasteiger partial charge in [-0.3, -0.25) is 0 Å². The molecule has 0 radical (unpaired) electrons. The molecule has 106 valence electrons.